The quantitative estimate of drug-likeness (QED) is 0.313. The molecule has 0 bridgehead atoms. The van der Waals surface area contributed by atoms with Gasteiger partial charge in [-0.3, -0.25) is 10.1 Å². The molecule has 5 nitrogen and oxygen atoms in total. The molecule has 1 aliphatic rings. The van der Waals surface area contributed by atoms with E-state index < -0.39 is 15.1 Å². The highest BCUT2D eigenvalue weighted by atomic mass is 32.3. The highest BCUT2D eigenvalue weighted by Crippen LogP contribution is 2.65. The number of nitrogens with one attached hydrogen (secondary N) is 2. The zero-order chi connectivity index (χ0) is 22.0. The molecule has 0 fully saturated rings. The van der Waals surface area contributed by atoms with Gasteiger partial charge in [0.25, 0.3) is 5.69 Å². The lowest BCUT2D eigenvalue weighted by atomic mass is 9.83. The first-order chi connectivity index (χ1) is 14.0. The zero-order valence-electron chi connectivity index (χ0n) is 17.8. The molecule has 1 atom stereocenters. The fourth-order valence-electron chi connectivity index (χ4n) is 4.05. The van der Waals surface area contributed by atoms with E-state index in [0.717, 1.165) is 17.9 Å². The molecule has 0 spiro atoms. The van der Waals surface area contributed by atoms with E-state index in [1.807, 2.05) is 6.07 Å². The van der Waals surface area contributed by atoms with E-state index in [-0.39, 0.29) is 15.8 Å². The molecule has 1 heterocycles. The zero-order valence-corrected chi connectivity index (χ0v) is 19.5. The number of hydrogen-bond acceptors (Lipinski definition) is 3. The van der Waals surface area contributed by atoms with Crippen LogP contribution in [0.1, 0.15) is 39.7 Å². The molecule has 2 aromatic rings. The molecule has 1 aliphatic heterocycles. The van der Waals surface area contributed by atoms with Gasteiger partial charge in [0.1, 0.15) is 0 Å². The summed E-state index contributed by atoms with van der Waals surface area (Å²) in [7, 11) is -1.48. The maximum absolute atomic E-state index is 10.9. The van der Waals surface area contributed by atoms with Crippen molar-refractivity contribution in [3.8, 4) is 0 Å². The monoisotopic (exact) mass is 443 g/mol. The van der Waals surface area contributed by atoms with Crippen molar-refractivity contribution in [2.45, 2.75) is 44.6 Å². The van der Waals surface area contributed by atoms with Gasteiger partial charge in [0, 0.05) is 28.3 Å². The Labute approximate surface area is 185 Å². The summed E-state index contributed by atoms with van der Waals surface area (Å²) in [6.45, 7) is 9.17. The predicted molar refractivity (Wildman–Crippen MR) is 132 cm³/mol. The van der Waals surface area contributed by atoms with Crippen LogP contribution in [-0.4, -0.2) is 14.8 Å². The third-order valence-electron chi connectivity index (χ3n) is 5.47. The molecule has 0 saturated carbocycles. The van der Waals surface area contributed by atoms with Crippen LogP contribution in [0.4, 0.5) is 11.4 Å². The second kappa shape index (κ2) is 8.40. The van der Waals surface area contributed by atoms with Gasteiger partial charge in [-0.25, -0.2) is 0 Å². The van der Waals surface area contributed by atoms with Gasteiger partial charge in [-0.1, -0.05) is 64.1 Å². The summed E-state index contributed by atoms with van der Waals surface area (Å²) in [5.74, 6) is 0.884. The molecule has 0 amide bonds. The Hall–Kier alpha value is -2.38. The highest BCUT2D eigenvalue weighted by molar-refractivity contribution is 8.35. The lowest BCUT2D eigenvalue weighted by molar-refractivity contribution is -0.384. The van der Waals surface area contributed by atoms with E-state index in [0.29, 0.717) is 5.11 Å². The second-order valence-corrected chi connectivity index (χ2v) is 12.9. The number of allylic oxidation sites excluding steroid dienone is 1. The molecule has 1 unspecified atom stereocenters. The first-order valence-corrected chi connectivity index (χ1v) is 12.2. The van der Waals surface area contributed by atoms with E-state index >= 15 is 0 Å². The number of nitrogens with zero attached hydrogens (tertiary/aromatic N) is 1. The lowest BCUT2D eigenvalue weighted by Gasteiger charge is -2.56. The summed E-state index contributed by atoms with van der Waals surface area (Å²) in [6, 6.07) is 16.8. The van der Waals surface area contributed by atoms with Gasteiger partial charge in [0.2, 0.25) is 0 Å². The summed E-state index contributed by atoms with van der Waals surface area (Å²) < 4.78 is 3.69. The third-order valence-corrected chi connectivity index (χ3v) is 9.87. The molecule has 3 rings (SSSR count). The van der Waals surface area contributed by atoms with Crippen LogP contribution in [0, 0.1) is 15.5 Å². The standard InChI is InChI=1S/C23H29N3O2S2/c1-22(2)14-15-30(23(3,4)17-22,16-18-8-6-5-7-9-18)25-21(29)24-19-10-12-20(13-11-19)26(27)28/h5-15H,16-17H2,1-4H3,(H2,24,25,29). The normalized spacial score (nSPS) is 23.7. The van der Waals surface area contributed by atoms with Gasteiger partial charge in [-0.2, -0.15) is 0 Å². The summed E-state index contributed by atoms with van der Waals surface area (Å²) >= 11 is 5.68. The predicted octanol–water partition coefficient (Wildman–Crippen LogP) is 6.52. The van der Waals surface area contributed by atoms with Crippen molar-refractivity contribution in [2.75, 3.05) is 5.32 Å². The van der Waals surface area contributed by atoms with Crippen LogP contribution in [0.25, 0.3) is 0 Å². The van der Waals surface area contributed by atoms with E-state index in [1.165, 1.54) is 17.7 Å². The molecule has 2 N–H and O–H groups in total. The number of nitro groups is 1. The molecule has 160 valence electrons. The van der Waals surface area contributed by atoms with Gasteiger partial charge in [-0.15, -0.1) is 10.2 Å². The Balaban J connectivity index is 1.87. The minimum Gasteiger partial charge on any atom is -0.332 e. The average Bonchev–Trinajstić information content (AvgIpc) is 2.65. The van der Waals surface area contributed by atoms with Crippen LogP contribution >= 0.6 is 22.4 Å². The van der Waals surface area contributed by atoms with Crippen molar-refractivity contribution >= 4 is 38.9 Å². The Morgan fingerprint density at radius 3 is 2.30 bits per heavy atom. The van der Waals surface area contributed by atoms with Gasteiger partial charge in [-0.05, 0) is 47.2 Å². The van der Waals surface area contributed by atoms with Crippen molar-refractivity contribution in [1.29, 1.82) is 0 Å². The van der Waals surface area contributed by atoms with Crippen molar-refractivity contribution in [3.63, 3.8) is 0 Å². The minimum atomic E-state index is -1.48. The maximum Gasteiger partial charge on any atom is 0.269 e. The Bertz CT molecular complexity index is 956. The summed E-state index contributed by atoms with van der Waals surface area (Å²) in [5, 5.41) is 17.0. The van der Waals surface area contributed by atoms with Crippen LogP contribution in [0.15, 0.2) is 66.1 Å². The number of hydrogen-bond donors (Lipinski definition) is 2. The largest absolute Gasteiger partial charge is 0.332 e. The van der Waals surface area contributed by atoms with E-state index in [1.54, 1.807) is 12.1 Å². The van der Waals surface area contributed by atoms with Crippen LogP contribution in [0.2, 0.25) is 0 Å². The molecule has 0 aromatic heterocycles. The van der Waals surface area contributed by atoms with Crippen LogP contribution < -0.4 is 10.0 Å². The summed E-state index contributed by atoms with van der Waals surface area (Å²) in [5.41, 5.74) is 2.19. The number of anilines is 1. The number of benzene rings is 2. The SMILES string of the molecule is CC1(C)C=CS(Cc2ccccc2)(NC(=S)Nc2ccc([N+](=O)[O-])cc2)C(C)(C)C1. The smallest absolute Gasteiger partial charge is 0.269 e. The van der Waals surface area contributed by atoms with Crippen molar-refractivity contribution in [3.05, 3.63) is 81.8 Å². The topological polar surface area (TPSA) is 67.2 Å². The first kappa shape index (κ1) is 22.3. The molecule has 0 aliphatic carbocycles. The summed E-state index contributed by atoms with van der Waals surface area (Å²) in [4.78, 5) is 10.5. The first-order valence-electron chi connectivity index (χ1n) is 9.89. The minimum absolute atomic E-state index is 0.0162. The Morgan fingerprint density at radius 1 is 1.10 bits per heavy atom. The molecule has 2 aromatic carbocycles. The molecular formula is C23H29N3O2S2. The van der Waals surface area contributed by atoms with E-state index in [9.17, 15) is 10.1 Å². The lowest BCUT2D eigenvalue weighted by Crippen LogP contribution is -2.46. The fourth-order valence-corrected chi connectivity index (χ4v) is 8.21. The highest BCUT2D eigenvalue weighted by Gasteiger charge is 2.45. The number of rotatable bonds is 5. The maximum atomic E-state index is 10.9. The molecule has 0 radical (unpaired) electrons. The van der Waals surface area contributed by atoms with Gasteiger partial charge in [0.15, 0.2) is 5.11 Å². The van der Waals surface area contributed by atoms with Gasteiger partial charge >= 0.3 is 0 Å². The van der Waals surface area contributed by atoms with Crippen molar-refractivity contribution in [2.24, 2.45) is 5.41 Å². The Morgan fingerprint density at radius 2 is 1.73 bits per heavy atom. The van der Waals surface area contributed by atoms with Crippen LogP contribution in [0.3, 0.4) is 0 Å². The van der Waals surface area contributed by atoms with E-state index in [2.05, 4.69) is 73.5 Å². The molecular weight excluding hydrogens is 414 g/mol. The molecule has 30 heavy (non-hydrogen) atoms. The average molecular weight is 444 g/mol. The summed E-state index contributed by atoms with van der Waals surface area (Å²) in [6.07, 6.45) is 3.36. The van der Waals surface area contributed by atoms with Crippen LogP contribution in [-0.2, 0) is 5.75 Å². The Kier molecular flexibility index (Phi) is 6.24. The fraction of sp³-hybridized carbons (Fsp3) is 0.348. The molecule has 0 saturated heterocycles. The van der Waals surface area contributed by atoms with E-state index in [4.69, 9.17) is 12.2 Å². The number of non-ortho nitro benzene ring substituents is 1. The van der Waals surface area contributed by atoms with Crippen LogP contribution in [0.5, 0.6) is 0 Å². The number of nitro benzene ring substituents is 1. The number of thiocarbonyl (C=S) groups is 1. The van der Waals surface area contributed by atoms with Gasteiger partial charge < -0.3 is 10.0 Å². The third kappa shape index (κ3) is 5.02. The van der Waals surface area contributed by atoms with Gasteiger partial charge in [0.05, 0.1) is 4.92 Å². The molecule has 7 heteroatoms. The van der Waals surface area contributed by atoms with Crippen molar-refractivity contribution < 1.29 is 4.92 Å². The van der Waals surface area contributed by atoms with Crippen molar-refractivity contribution in [1.82, 2.24) is 4.72 Å². The second-order valence-electron chi connectivity index (χ2n) is 9.01.